The molecule has 0 aromatic rings. The maximum absolute atomic E-state index is 5.27. The molecule has 0 atom stereocenters. The molecule has 106 valence electrons. The van der Waals surface area contributed by atoms with Crippen LogP contribution in [0.5, 0.6) is 0 Å². The van der Waals surface area contributed by atoms with Crippen LogP contribution in [0.2, 0.25) is 25.6 Å². The average molecular weight is 342 g/mol. The summed E-state index contributed by atoms with van der Waals surface area (Å²) in [5.74, 6) is 0. The standard InChI is InChI=1S/C5H5.C3H7O.4CH3.3ClH.Ti/c1-2-4-5-3-1;1-3-4-2;;;;;;;;/h1-3H,4H2;1,3H2,2H3;4*1H3;3*1H;. The molecular weight excluding hydrogens is 314 g/mol. The van der Waals surface area contributed by atoms with Crippen LogP contribution in [0.3, 0.4) is 0 Å². The first kappa shape index (κ1) is 23.1. The van der Waals surface area contributed by atoms with E-state index in [1.54, 1.807) is 11.0 Å². The summed E-state index contributed by atoms with van der Waals surface area (Å²) >= 11 is -2.88. The number of allylic oxidation sites excluding steroid dienone is 4. The van der Waals surface area contributed by atoms with Gasteiger partial charge in [0.05, 0.1) is 0 Å². The number of methoxy groups -OCH3 is 1. The van der Waals surface area contributed by atoms with E-state index >= 15 is 0 Å². The summed E-state index contributed by atoms with van der Waals surface area (Å²) < 4.78 is 8.18. The van der Waals surface area contributed by atoms with Gasteiger partial charge in [-0.05, 0) is 0 Å². The first-order valence-electron chi connectivity index (χ1n) is 5.52. The SMILES string of the molecule is COC[CH2][Ti]([CH3])([CH3])([CH3])([CH3])[C]1=CC=CC1.Cl.Cl.Cl. The smallest absolute Gasteiger partial charge is 0.147 e. The summed E-state index contributed by atoms with van der Waals surface area (Å²) in [6.07, 6.45) is 7.96. The molecule has 0 bridgehead atoms. The molecule has 0 saturated carbocycles. The van der Waals surface area contributed by atoms with Crippen LogP contribution in [-0.4, -0.2) is 13.7 Å². The molecule has 0 saturated heterocycles. The van der Waals surface area contributed by atoms with E-state index in [4.69, 9.17) is 4.74 Å². The van der Waals surface area contributed by atoms with Crippen molar-refractivity contribution in [2.45, 2.75) is 32.1 Å². The summed E-state index contributed by atoms with van der Waals surface area (Å²) in [5.41, 5.74) is 0. The topological polar surface area (TPSA) is 9.23 Å². The van der Waals surface area contributed by atoms with E-state index in [2.05, 4.69) is 39.1 Å². The number of ether oxygens (including phenoxy) is 1. The second-order valence-electron chi connectivity index (χ2n) is 7.66. The van der Waals surface area contributed by atoms with E-state index < -0.39 is 14.0 Å². The maximum atomic E-state index is 5.27. The number of hydrogen-bond donors (Lipinski definition) is 0. The first-order chi connectivity index (χ1) is 6.18. The molecule has 0 heterocycles. The molecule has 0 aromatic heterocycles. The molecular formula is C12H27Cl3OTi. The molecule has 0 unspecified atom stereocenters. The van der Waals surface area contributed by atoms with E-state index in [0.29, 0.717) is 0 Å². The van der Waals surface area contributed by atoms with Gasteiger partial charge in [-0.3, -0.25) is 0 Å². The second-order valence-corrected chi connectivity index (χ2v) is 26.9. The summed E-state index contributed by atoms with van der Waals surface area (Å²) in [5, 5.41) is 10.0. The molecule has 5 heteroatoms. The van der Waals surface area contributed by atoms with Crippen molar-refractivity contribution in [3.05, 3.63) is 22.1 Å². The van der Waals surface area contributed by atoms with Crippen LogP contribution in [0.4, 0.5) is 0 Å². The van der Waals surface area contributed by atoms with E-state index in [1.165, 1.54) is 4.73 Å². The van der Waals surface area contributed by atoms with Crippen molar-refractivity contribution in [3.63, 3.8) is 0 Å². The van der Waals surface area contributed by atoms with Crippen molar-refractivity contribution in [2.75, 3.05) is 13.7 Å². The van der Waals surface area contributed by atoms with Gasteiger partial charge in [0.2, 0.25) is 0 Å². The van der Waals surface area contributed by atoms with Gasteiger partial charge in [0.15, 0.2) is 0 Å². The molecule has 0 radical (unpaired) electrons. The Morgan fingerprint density at radius 3 is 2.00 bits per heavy atom. The zero-order valence-electron chi connectivity index (χ0n) is 11.5. The third-order valence-electron chi connectivity index (χ3n) is 3.71. The van der Waals surface area contributed by atoms with Gasteiger partial charge >= 0.3 is 86.6 Å². The van der Waals surface area contributed by atoms with E-state index in [-0.39, 0.29) is 37.2 Å². The second kappa shape index (κ2) is 6.45. The molecule has 1 aliphatic rings. The predicted molar refractivity (Wildman–Crippen MR) is 83.7 cm³/mol. The fourth-order valence-electron chi connectivity index (χ4n) is 2.04. The summed E-state index contributed by atoms with van der Waals surface area (Å²) in [4.78, 5) is 0. The Morgan fingerprint density at radius 2 is 1.65 bits per heavy atom. The summed E-state index contributed by atoms with van der Waals surface area (Å²) in [6.45, 7) is 0.891. The van der Waals surface area contributed by atoms with Crippen LogP contribution < -0.4 is 0 Å². The Morgan fingerprint density at radius 1 is 1.12 bits per heavy atom. The summed E-state index contributed by atoms with van der Waals surface area (Å²) in [7, 11) is 1.80. The van der Waals surface area contributed by atoms with Crippen LogP contribution in [0.1, 0.15) is 6.42 Å². The number of hydrogen-bond acceptors (Lipinski definition) is 1. The molecule has 0 aliphatic heterocycles. The fraction of sp³-hybridized carbons (Fsp3) is 0.667. The van der Waals surface area contributed by atoms with Gasteiger partial charge in [0.1, 0.15) is 0 Å². The zero-order chi connectivity index (χ0) is 10.9. The Balaban J connectivity index is -0.000000653. The Bertz CT molecular complexity index is 300. The van der Waals surface area contributed by atoms with E-state index in [0.717, 1.165) is 13.0 Å². The minimum Gasteiger partial charge on any atom is -0.147 e. The van der Waals surface area contributed by atoms with Crippen LogP contribution in [0.25, 0.3) is 0 Å². The molecule has 0 fully saturated rings. The van der Waals surface area contributed by atoms with Crippen molar-refractivity contribution in [1.29, 1.82) is 0 Å². The van der Waals surface area contributed by atoms with Crippen molar-refractivity contribution < 1.29 is 18.8 Å². The van der Waals surface area contributed by atoms with Crippen LogP contribution >= 0.6 is 37.2 Å². The average Bonchev–Trinajstić information content (AvgIpc) is 2.52. The number of rotatable bonds is 4. The monoisotopic (exact) mass is 340 g/mol. The zero-order valence-corrected chi connectivity index (χ0v) is 15.5. The molecule has 0 spiro atoms. The summed E-state index contributed by atoms with van der Waals surface area (Å²) in [6, 6.07) is 0. The van der Waals surface area contributed by atoms with Gasteiger partial charge in [0.25, 0.3) is 0 Å². The van der Waals surface area contributed by atoms with Crippen LogP contribution in [0, 0.1) is 0 Å². The van der Waals surface area contributed by atoms with Gasteiger partial charge in [-0.15, -0.1) is 37.2 Å². The third kappa shape index (κ3) is 6.14. The van der Waals surface area contributed by atoms with Crippen LogP contribution in [-0.2, 0) is 18.8 Å². The van der Waals surface area contributed by atoms with Gasteiger partial charge in [-0.25, -0.2) is 0 Å². The fourth-order valence-corrected chi connectivity index (χ4v) is 7.36. The molecule has 0 N–H and O–H groups in total. The molecule has 0 aromatic carbocycles. The van der Waals surface area contributed by atoms with Gasteiger partial charge in [-0.1, -0.05) is 0 Å². The van der Waals surface area contributed by atoms with Crippen molar-refractivity contribution in [3.8, 4) is 0 Å². The largest absolute Gasteiger partial charge is 0.147 e. The third-order valence-corrected chi connectivity index (χ3v) is 12.8. The van der Waals surface area contributed by atoms with Gasteiger partial charge in [0, 0.05) is 0 Å². The predicted octanol–water partition coefficient (Wildman–Crippen LogP) is 5.58. The first-order valence-corrected chi connectivity index (χ1v) is 13.6. The molecule has 0 amide bonds. The minimum absolute atomic E-state index is 0. The quantitative estimate of drug-likeness (QED) is 0.607. The van der Waals surface area contributed by atoms with E-state index in [1.807, 2.05) is 0 Å². The van der Waals surface area contributed by atoms with Crippen molar-refractivity contribution in [1.82, 2.24) is 0 Å². The molecule has 1 rings (SSSR count). The van der Waals surface area contributed by atoms with Gasteiger partial charge < -0.3 is 0 Å². The van der Waals surface area contributed by atoms with Crippen molar-refractivity contribution in [2.24, 2.45) is 0 Å². The van der Waals surface area contributed by atoms with Crippen LogP contribution in [0.15, 0.2) is 22.1 Å². The molecule has 1 nitrogen and oxygen atoms in total. The maximum Gasteiger partial charge on any atom is -0.147 e. The Labute approximate surface area is 123 Å². The van der Waals surface area contributed by atoms with Crippen molar-refractivity contribution >= 4 is 37.2 Å². The molecule has 17 heavy (non-hydrogen) atoms. The minimum atomic E-state index is -2.88. The van der Waals surface area contributed by atoms with Gasteiger partial charge in [-0.2, -0.15) is 0 Å². The number of halogens is 3. The molecule has 1 aliphatic carbocycles. The Hall–Kier alpha value is 1.02. The Kier molecular flexibility index (Phi) is 8.79. The van der Waals surface area contributed by atoms with E-state index in [9.17, 15) is 0 Å². The normalized spacial score (nSPS) is 17.8.